The fourth-order valence-corrected chi connectivity index (χ4v) is 1.96. The molecule has 0 aromatic rings. The molecule has 0 aliphatic heterocycles. The van der Waals surface area contributed by atoms with Crippen LogP contribution >= 0.6 is 0 Å². The first-order valence-electron chi connectivity index (χ1n) is 9.36. The lowest BCUT2D eigenvalue weighted by Gasteiger charge is -2.27. The van der Waals surface area contributed by atoms with Gasteiger partial charge in [0.05, 0.1) is 6.04 Å². The highest BCUT2D eigenvalue weighted by molar-refractivity contribution is 5.68. The number of rotatable bonds is 7. The van der Waals surface area contributed by atoms with Gasteiger partial charge in [-0.05, 0) is 40.5 Å². The molecule has 142 valence electrons. The summed E-state index contributed by atoms with van der Waals surface area (Å²) < 4.78 is 5.25. The van der Waals surface area contributed by atoms with Crippen molar-refractivity contribution in [3.8, 4) is 23.7 Å². The number of hydrogen-bond acceptors (Lipinski definition) is 3. The van der Waals surface area contributed by atoms with Gasteiger partial charge < -0.3 is 15.2 Å². The highest BCUT2D eigenvalue weighted by atomic mass is 16.6. The van der Waals surface area contributed by atoms with Crippen LogP contribution in [0.5, 0.6) is 0 Å². The first-order valence-corrected chi connectivity index (χ1v) is 9.36. The molecule has 0 fully saturated rings. The molecule has 2 atom stereocenters. The topological polar surface area (TPSA) is 58.6 Å². The van der Waals surface area contributed by atoms with Gasteiger partial charge in [-0.2, -0.15) is 0 Å². The molecular formula is C21H35NO3. The molecule has 4 nitrogen and oxygen atoms in total. The molecule has 25 heavy (non-hydrogen) atoms. The van der Waals surface area contributed by atoms with Gasteiger partial charge in [0.1, 0.15) is 5.60 Å². The first kappa shape index (κ1) is 23.4. The second kappa shape index (κ2) is 11.8. The first-order chi connectivity index (χ1) is 11.6. The zero-order chi connectivity index (χ0) is 19.3. The summed E-state index contributed by atoms with van der Waals surface area (Å²) in [6.45, 7) is 11.3. The number of unbranched alkanes of at least 4 members (excludes halogenated alkanes) is 5. The van der Waals surface area contributed by atoms with Gasteiger partial charge in [0.15, 0.2) is 0 Å². The fraction of sp³-hybridized carbons (Fsp3) is 0.762. The van der Waals surface area contributed by atoms with Crippen molar-refractivity contribution in [1.82, 2.24) is 5.32 Å². The van der Waals surface area contributed by atoms with E-state index in [4.69, 9.17) is 4.74 Å². The molecule has 0 radical (unpaired) electrons. The van der Waals surface area contributed by atoms with Gasteiger partial charge in [0, 0.05) is 12.8 Å². The van der Waals surface area contributed by atoms with E-state index in [-0.39, 0.29) is 0 Å². The summed E-state index contributed by atoms with van der Waals surface area (Å²) in [7, 11) is 0. The van der Waals surface area contributed by atoms with E-state index in [1.54, 1.807) is 27.7 Å². The molecule has 0 bridgehead atoms. The van der Waals surface area contributed by atoms with E-state index in [2.05, 4.69) is 42.8 Å². The summed E-state index contributed by atoms with van der Waals surface area (Å²) in [6, 6.07) is -0.657. The summed E-state index contributed by atoms with van der Waals surface area (Å²) in [5.74, 6) is 11.7. The number of carbonyl (C=O) groups is 1. The molecule has 4 heteroatoms. The Bertz CT molecular complexity index is 513. The van der Waals surface area contributed by atoms with Crippen LogP contribution in [0.15, 0.2) is 0 Å². The van der Waals surface area contributed by atoms with Crippen LogP contribution in [-0.4, -0.2) is 28.4 Å². The van der Waals surface area contributed by atoms with E-state index in [1.807, 2.05) is 0 Å². The Labute approximate surface area is 154 Å². The second-order valence-electron chi connectivity index (χ2n) is 7.30. The molecular weight excluding hydrogens is 314 g/mol. The molecule has 0 aliphatic rings. The molecule has 0 saturated heterocycles. The van der Waals surface area contributed by atoms with Gasteiger partial charge in [-0.25, -0.2) is 4.79 Å². The van der Waals surface area contributed by atoms with Gasteiger partial charge in [-0.15, -0.1) is 0 Å². The van der Waals surface area contributed by atoms with Crippen molar-refractivity contribution in [2.75, 3.05) is 0 Å². The third-order valence-corrected chi connectivity index (χ3v) is 3.48. The van der Waals surface area contributed by atoms with E-state index >= 15 is 0 Å². The quantitative estimate of drug-likeness (QED) is 0.529. The van der Waals surface area contributed by atoms with Crippen LogP contribution in [0.1, 0.15) is 86.5 Å². The molecule has 0 rings (SSSR count). The number of carbonyl (C=O) groups excluding carboxylic acids is 1. The standard InChI is InChI=1S/C21H35NO3/c1-7-9-11-13-15-17-21(24,16-14-12-10-8-2)18(3)22-19(23)25-20(4,5)6/h18,24H,7-13H2,1-6H3,(H,22,23)/t18-,21?/m0/s1. The van der Waals surface area contributed by atoms with E-state index in [1.165, 1.54) is 0 Å². The maximum Gasteiger partial charge on any atom is 0.408 e. The monoisotopic (exact) mass is 349 g/mol. The summed E-state index contributed by atoms with van der Waals surface area (Å²) in [5, 5.41) is 13.5. The van der Waals surface area contributed by atoms with E-state index < -0.39 is 23.3 Å². The molecule has 1 unspecified atom stereocenters. The van der Waals surface area contributed by atoms with Gasteiger partial charge in [-0.3, -0.25) is 0 Å². The number of amides is 1. The van der Waals surface area contributed by atoms with Crippen molar-refractivity contribution in [2.45, 2.75) is 104 Å². The Balaban J connectivity index is 5.06. The summed E-state index contributed by atoms with van der Waals surface area (Å²) in [5.41, 5.74) is -2.17. The van der Waals surface area contributed by atoms with Crippen LogP contribution in [0.3, 0.4) is 0 Å². The zero-order valence-electron chi connectivity index (χ0n) is 16.8. The van der Waals surface area contributed by atoms with Crippen LogP contribution in [0.4, 0.5) is 4.79 Å². The minimum atomic E-state index is -1.57. The molecule has 0 aliphatic carbocycles. The Morgan fingerprint density at radius 1 is 1.04 bits per heavy atom. The molecule has 0 aromatic heterocycles. The van der Waals surface area contributed by atoms with Gasteiger partial charge >= 0.3 is 6.09 Å². The maximum absolute atomic E-state index is 12.0. The molecule has 0 spiro atoms. The minimum Gasteiger partial charge on any atom is -0.444 e. The van der Waals surface area contributed by atoms with Crippen molar-refractivity contribution < 1.29 is 14.6 Å². The highest BCUT2D eigenvalue weighted by Crippen LogP contribution is 2.12. The largest absolute Gasteiger partial charge is 0.444 e. The van der Waals surface area contributed by atoms with Crippen molar-refractivity contribution in [2.24, 2.45) is 0 Å². The number of alkyl carbamates (subject to hydrolysis) is 1. The number of hydrogen-bond donors (Lipinski definition) is 2. The van der Waals surface area contributed by atoms with E-state index in [9.17, 15) is 9.90 Å². The third-order valence-electron chi connectivity index (χ3n) is 3.48. The number of nitrogens with one attached hydrogen (secondary N) is 1. The molecule has 2 N–H and O–H groups in total. The summed E-state index contributed by atoms with van der Waals surface area (Å²) in [4.78, 5) is 12.0. The lowest BCUT2D eigenvalue weighted by Crippen LogP contribution is -2.50. The van der Waals surface area contributed by atoms with Crippen LogP contribution in [-0.2, 0) is 4.74 Å². The second-order valence-corrected chi connectivity index (χ2v) is 7.30. The van der Waals surface area contributed by atoms with Crippen molar-refractivity contribution in [3.05, 3.63) is 0 Å². The predicted molar refractivity (Wildman–Crippen MR) is 103 cm³/mol. The van der Waals surface area contributed by atoms with Crippen LogP contribution in [0.25, 0.3) is 0 Å². The summed E-state index contributed by atoms with van der Waals surface area (Å²) >= 11 is 0. The number of aliphatic hydroxyl groups is 1. The van der Waals surface area contributed by atoms with Crippen molar-refractivity contribution in [3.63, 3.8) is 0 Å². The zero-order valence-corrected chi connectivity index (χ0v) is 16.8. The maximum atomic E-state index is 12.0. The van der Waals surface area contributed by atoms with Crippen LogP contribution in [0, 0.1) is 23.7 Å². The average Bonchev–Trinajstić information content (AvgIpc) is 2.49. The van der Waals surface area contributed by atoms with Crippen molar-refractivity contribution >= 4 is 6.09 Å². The Hall–Kier alpha value is -1.65. The average molecular weight is 350 g/mol. The predicted octanol–water partition coefficient (Wildman–Crippen LogP) is 4.41. The fourth-order valence-electron chi connectivity index (χ4n) is 1.96. The van der Waals surface area contributed by atoms with Crippen LogP contribution in [0.2, 0.25) is 0 Å². The SMILES string of the molecule is CCCCC#CC(O)(C#CCCCCC)[C@H](C)NC(=O)OC(C)(C)C. The third kappa shape index (κ3) is 11.5. The Morgan fingerprint density at radius 3 is 2.04 bits per heavy atom. The van der Waals surface area contributed by atoms with Gasteiger partial charge in [-0.1, -0.05) is 56.8 Å². The Morgan fingerprint density at radius 2 is 1.56 bits per heavy atom. The molecule has 1 amide bonds. The normalized spacial score (nSPS) is 14.2. The molecule has 0 aromatic carbocycles. The lowest BCUT2D eigenvalue weighted by molar-refractivity contribution is 0.0420. The van der Waals surface area contributed by atoms with Crippen LogP contribution < -0.4 is 5.32 Å². The summed E-state index contributed by atoms with van der Waals surface area (Å²) in [6.07, 6.45) is 6.09. The van der Waals surface area contributed by atoms with E-state index in [0.29, 0.717) is 12.8 Å². The smallest absolute Gasteiger partial charge is 0.408 e. The van der Waals surface area contributed by atoms with Gasteiger partial charge in [0.25, 0.3) is 0 Å². The minimum absolute atomic E-state index is 0.582. The van der Waals surface area contributed by atoms with Crippen molar-refractivity contribution in [1.29, 1.82) is 0 Å². The Kier molecular flexibility index (Phi) is 11.0. The van der Waals surface area contributed by atoms with E-state index in [0.717, 1.165) is 32.1 Å². The highest BCUT2D eigenvalue weighted by Gasteiger charge is 2.32. The van der Waals surface area contributed by atoms with Gasteiger partial charge in [0.2, 0.25) is 5.60 Å². The lowest BCUT2D eigenvalue weighted by atomic mass is 9.96. The number of ether oxygens (including phenoxy) is 1. The molecule has 0 heterocycles. The molecule has 0 saturated carbocycles.